The average Bonchev–Trinajstić information content (AvgIpc) is 2.86. The molecule has 35 heavy (non-hydrogen) atoms. The van der Waals surface area contributed by atoms with E-state index in [1.54, 1.807) is 48.9 Å². The van der Waals surface area contributed by atoms with Crippen LogP contribution in [-0.4, -0.2) is 33.2 Å². The van der Waals surface area contributed by atoms with Crippen molar-refractivity contribution in [2.75, 3.05) is 18.2 Å². The van der Waals surface area contributed by atoms with Gasteiger partial charge in [0.25, 0.3) is 11.2 Å². The molecule has 9 nitrogen and oxygen atoms in total. The number of benzene rings is 3. The number of nitro groups is 1. The Bertz CT molecular complexity index is 1470. The van der Waals surface area contributed by atoms with Gasteiger partial charge in [0.15, 0.2) is 5.16 Å². The van der Waals surface area contributed by atoms with Crippen molar-refractivity contribution in [3.05, 3.63) is 98.3 Å². The molecular weight excluding hydrogens is 468 g/mol. The lowest BCUT2D eigenvalue weighted by Crippen LogP contribution is -2.25. The lowest BCUT2D eigenvalue weighted by Gasteiger charge is -2.14. The van der Waals surface area contributed by atoms with Crippen molar-refractivity contribution >= 4 is 39.9 Å². The number of para-hydroxylation sites is 1. The minimum atomic E-state index is -0.513. The van der Waals surface area contributed by atoms with E-state index in [1.165, 1.54) is 12.1 Å². The molecule has 0 aliphatic carbocycles. The van der Waals surface area contributed by atoms with E-state index in [4.69, 9.17) is 4.74 Å². The van der Waals surface area contributed by atoms with Gasteiger partial charge in [0.1, 0.15) is 5.75 Å². The van der Waals surface area contributed by atoms with Crippen molar-refractivity contribution in [2.24, 2.45) is 0 Å². The van der Waals surface area contributed by atoms with Crippen molar-refractivity contribution in [1.82, 2.24) is 9.55 Å². The summed E-state index contributed by atoms with van der Waals surface area (Å²) in [6.45, 7) is 2.03. The second-order valence-electron chi connectivity index (χ2n) is 7.74. The summed E-state index contributed by atoms with van der Waals surface area (Å²) in [6, 6.07) is 18.7. The van der Waals surface area contributed by atoms with Crippen molar-refractivity contribution < 1.29 is 14.5 Å². The number of non-ortho nitro benzene ring substituents is 1. The van der Waals surface area contributed by atoms with Crippen LogP contribution in [-0.2, 0) is 11.3 Å². The molecule has 0 aliphatic rings. The number of aryl methyl sites for hydroxylation is 1. The molecule has 0 atom stereocenters. The van der Waals surface area contributed by atoms with Crippen molar-refractivity contribution in [3.8, 4) is 5.75 Å². The highest BCUT2D eigenvalue weighted by atomic mass is 32.2. The van der Waals surface area contributed by atoms with Crippen molar-refractivity contribution in [2.45, 2.75) is 18.6 Å². The van der Waals surface area contributed by atoms with Crippen LogP contribution in [0, 0.1) is 17.0 Å². The maximum atomic E-state index is 13.3. The standard InChI is InChI=1S/C25H22N4O5S/c1-16-7-10-18(29(32)33)13-22(16)26-23(30)15-35-25-27-21-6-4-3-5-20(21)24(31)28(25)14-17-8-11-19(34-2)12-9-17/h3-13H,14-15H2,1-2H3,(H,26,30). The fraction of sp³-hybridized carbons (Fsp3) is 0.160. The third-order valence-electron chi connectivity index (χ3n) is 5.36. The molecule has 1 amide bonds. The second kappa shape index (κ2) is 10.4. The molecule has 0 spiro atoms. The van der Waals surface area contributed by atoms with Gasteiger partial charge in [-0.3, -0.25) is 24.3 Å². The Balaban J connectivity index is 1.60. The van der Waals surface area contributed by atoms with Crippen LogP contribution in [0.3, 0.4) is 0 Å². The van der Waals surface area contributed by atoms with Gasteiger partial charge >= 0.3 is 0 Å². The van der Waals surface area contributed by atoms with E-state index in [9.17, 15) is 19.7 Å². The predicted molar refractivity (Wildman–Crippen MR) is 135 cm³/mol. The molecular formula is C25H22N4O5S. The van der Waals surface area contributed by atoms with Gasteiger partial charge in [-0.2, -0.15) is 0 Å². The number of rotatable bonds is 8. The summed E-state index contributed by atoms with van der Waals surface area (Å²) in [5.41, 5.74) is 2.18. The Hall–Kier alpha value is -4.18. The molecule has 1 N–H and O–H groups in total. The van der Waals surface area contributed by atoms with Crippen LogP contribution in [0.25, 0.3) is 10.9 Å². The van der Waals surface area contributed by atoms with E-state index in [2.05, 4.69) is 10.3 Å². The van der Waals surface area contributed by atoms with Gasteiger partial charge in [0.2, 0.25) is 5.91 Å². The Kier molecular flexibility index (Phi) is 7.11. The number of carbonyl (C=O) groups is 1. The maximum absolute atomic E-state index is 13.3. The van der Waals surface area contributed by atoms with Gasteiger partial charge in [0, 0.05) is 12.1 Å². The normalized spacial score (nSPS) is 10.8. The molecule has 1 aromatic heterocycles. The molecule has 0 fully saturated rings. The van der Waals surface area contributed by atoms with Gasteiger partial charge in [-0.25, -0.2) is 4.98 Å². The molecule has 0 saturated carbocycles. The van der Waals surface area contributed by atoms with Crippen LogP contribution in [0.5, 0.6) is 5.75 Å². The van der Waals surface area contributed by atoms with Crippen LogP contribution in [0.4, 0.5) is 11.4 Å². The molecule has 0 bridgehead atoms. The van der Waals surface area contributed by atoms with Crippen LogP contribution in [0.2, 0.25) is 0 Å². The van der Waals surface area contributed by atoms with Crippen LogP contribution in [0.15, 0.2) is 76.7 Å². The number of nitrogens with one attached hydrogen (secondary N) is 1. The number of aromatic nitrogens is 2. The molecule has 0 radical (unpaired) electrons. The first-order valence-corrected chi connectivity index (χ1v) is 11.6. The van der Waals surface area contributed by atoms with Crippen LogP contribution < -0.4 is 15.6 Å². The molecule has 4 aromatic rings. The van der Waals surface area contributed by atoms with Gasteiger partial charge in [0.05, 0.1) is 40.9 Å². The Morgan fingerprint density at radius 1 is 1.14 bits per heavy atom. The third kappa shape index (κ3) is 5.49. The van der Waals surface area contributed by atoms with Gasteiger partial charge < -0.3 is 10.1 Å². The van der Waals surface area contributed by atoms with E-state index < -0.39 is 4.92 Å². The number of nitrogens with zero attached hydrogens (tertiary/aromatic N) is 3. The number of amides is 1. The minimum Gasteiger partial charge on any atom is -0.497 e. The molecule has 0 aliphatic heterocycles. The van der Waals surface area contributed by atoms with E-state index in [1.807, 2.05) is 24.3 Å². The van der Waals surface area contributed by atoms with Crippen LogP contribution >= 0.6 is 11.8 Å². The van der Waals surface area contributed by atoms with E-state index in [-0.39, 0.29) is 29.5 Å². The fourth-order valence-corrected chi connectivity index (χ4v) is 4.28. The fourth-order valence-electron chi connectivity index (χ4n) is 3.49. The smallest absolute Gasteiger partial charge is 0.271 e. The average molecular weight is 491 g/mol. The summed E-state index contributed by atoms with van der Waals surface area (Å²) < 4.78 is 6.74. The van der Waals surface area contributed by atoms with Gasteiger partial charge in [-0.1, -0.05) is 42.1 Å². The van der Waals surface area contributed by atoms with E-state index >= 15 is 0 Å². The quantitative estimate of drug-likeness (QED) is 0.168. The summed E-state index contributed by atoms with van der Waals surface area (Å²) in [7, 11) is 1.59. The molecule has 0 saturated heterocycles. The monoisotopic (exact) mass is 490 g/mol. The summed E-state index contributed by atoms with van der Waals surface area (Å²) in [5.74, 6) is 0.313. The lowest BCUT2D eigenvalue weighted by molar-refractivity contribution is -0.384. The van der Waals surface area contributed by atoms with E-state index in [0.717, 1.165) is 17.3 Å². The number of ether oxygens (including phenoxy) is 1. The first-order valence-electron chi connectivity index (χ1n) is 10.7. The number of hydrogen-bond donors (Lipinski definition) is 1. The van der Waals surface area contributed by atoms with Crippen molar-refractivity contribution in [1.29, 1.82) is 0 Å². The third-order valence-corrected chi connectivity index (χ3v) is 6.34. The molecule has 178 valence electrons. The number of fused-ring (bicyclic) bond motifs is 1. The highest BCUT2D eigenvalue weighted by molar-refractivity contribution is 7.99. The lowest BCUT2D eigenvalue weighted by atomic mass is 10.2. The second-order valence-corrected chi connectivity index (χ2v) is 8.69. The number of carbonyl (C=O) groups excluding carboxylic acids is 1. The number of thioether (sulfide) groups is 1. The number of anilines is 1. The summed E-state index contributed by atoms with van der Waals surface area (Å²) in [5, 5.41) is 14.7. The van der Waals surface area contributed by atoms with Gasteiger partial charge in [-0.15, -0.1) is 0 Å². The Labute approximate surface area is 204 Å². The largest absolute Gasteiger partial charge is 0.497 e. The van der Waals surface area contributed by atoms with Crippen LogP contribution in [0.1, 0.15) is 11.1 Å². The Morgan fingerprint density at radius 2 is 1.89 bits per heavy atom. The maximum Gasteiger partial charge on any atom is 0.271 e. The Morgan fingerprint density at radius 3 is 2.60 bits per heavy atom. The summed E-state index contributed by atoms with van der Waals surface area (Å²) >= 11 is 1.13. The topological polar surface area (TPSA) is 116 Å². The minimum absolute atomic E-state index is 0.0322. The number of methoxy groups -OCH3 is 1. The molecule has 3 aromatic carbocycles. The number of nitro benzene ring substituents is 1. The first kappa shape index (κ1) is 24.0. The number of hydrogen-bond acceptors (Lipinski definition) is 7. The van der Waals surface area contributed by atoms with E-state index in [0.29, 0.717) is 33.1 Å². The predicted octanol–water partition coefficient (Wildman–Crippen LogP) is 4.40. The summed E-state index contributed by atoms with van der Waals surface area (Å²) in [4.78, 5) is 41.1. The summed E-state index contributed by atoms with van der Waals surface area (Å²) in [6.07, 6.45) is 0. The highest BCUT2D eigenvalue weighted by Crippen LogP contribution is 2.24. The van der Waals surface area contributed by atoms with Crippen molar-refractivity contribution in [3.63, 3.8) is 0 Å². The zero-order chi connectivity index (χ0) is 24.9. The zero-order valence-electron chi connectivity index (χ0n) is 19.1. The SMILES string of the molecule is COc1ccc(Cn2c(SCC(=O)Nc3cc([N+](=O)[O-])ccc3C)nc3ccccc3c2=O)cc1. The highest BCUT2D eigenvalue weighted by Gasteiger charge is 2.15. The van der Waals surface area contributed by atoms with Gasteiger partial charge in [-0.05, 0) is 42.3 Å². The molecule has 0 unspecified atom stereocenters. The zero-order valence-corrected chi connectivity index (χ0v) is 19.9. The first-order chi connectivity index (χ1) is 16.9. The molecule has 4 rings (SSSR count). The molecule has 10 heteroatoms. The molecule has 1 heterocycles.